The van der Waals surface area contributed by atoms with Crippen LogP contribution >= 0.6 is 11.8 Å². The van der Waals surface area contributed by atoms with Crippen LogP contribution in [0.4, 0.5) is 0 Å². The fraction of sp³-hybridized carbons (Fsp3) is 0.600. The number of carbonyl (C=O) groups is 2. The summed E-state index contributed by atoms with van der Waals surface area (Å²) in [6.07, 6.45) is 3.58. The van der Waals surface area contributed by atoms with E-state index in [-0.39, 0.29) is 5.91 Å². The van der Waals surface area contributed by atoms with Gasteiger partial charge in [-0.15, -0.1) is 11.8 Å². The van der Waals surface area contributed by atoms with E-state index < -0.39 is 18.6 Å². The molecule has 1 atom stereocenters. The van der Waals surface area contributed by atoms with Gasteiger partial charge in [0.2, 0.25) is 11.8 Å². The molecular formula is C10H16N2O3S. The van der Waals surface area contributed by atoms with Crippen LogP contribution in [0.25, 0.3) is 0 Å². The number of thioether (sulfide) groups is 1. The molecule has 3 N–H and O–H groups in total. The van der Waals surface area contributed by atoms with E-state index in [1.54, 1.807) is 11.8 Å². The van der Waals surface area contributed by atoms with E-state index in [0.717, 1.165) is 17.1 Å². The molecule has 2 amide bonds. The predicted octanol–water partition coefficient (Wildman–Crippen LogP) is -0.380. The lowest BCUT2D eigenvalue weighted by atomic mass is 10.1. The van der Waals surface area contributed by atoms with Gasteiger partial charge < -0.3 is 15.7 Å². The van der Waals surface area contributed by atoms with E-state index in [1.807, 2.05) is 0 Å². The number of allylic oxidation sites excluding steroid dienone is 1. The van der Waals surface area contributed by atoms with E-state index in [0.29, 0.717) is 6.42 Å². The summed E-state index contributed by atoms with van der Waals surface area (Å²) < 4.78 is 0. The fourth-order valence-electron chi connectivity index (χ4n) is 1.44. The summed E-state index contributed by atoms with van der Waals surface area (Å²) in [5, 5.41) is 13.6. The molecule has 1 aliphatic heterocycles. The van der Waals surface area contributed by atoms with E-state index in [1.165, 1.54) is 7.05 Å². The van der Waals surface area contributed by atoms with E-state index in [9.17, 15) is 9.59 Å². The number of aliphatic hydroxyl groups is 1. The third kappa shape index (κ3) is 3.86. The average molecular weight is 244 g/mol. The second kappa shape index (κ2) is 6.55. The highest BCUT2D eigenvalue weighted by Crippen LogP contribution is 2.28. The molecule has 0 radical (unpaired) electrons. The maximum atomic E-state index is 11.5. The molecule has 0 saturated carbocycles. The summed E-state index contributed by atoms with van der Waals surface area (Å²) in [4.78, 5) is 23.7. The lowest BCUT2D eigenvalue weighted by Gasteiger charge is -2.16. The molecule has 0 aromatic carbocycles. The van der Waals surface area contributed by atoms with Crippen molar-refractivity contribution >= 4 is 23.6 Å². The van der Waals surface area contributed by atoms with Crippen molar-refractivity contribution in [1.82, 2.24) is 10.6 Å². The second-order valence-corrected chi connectivity index (χ2v) is 4.63. The largest absolute Gasteiger partial charge is 0.387 e. The molecule has 0 spiro atoms. The Bertz CT molecular complexity index is 304. The summed E-state index contributed by atoms with van der Waals surface area (Å²) >= 11 is 1.70. The lowest BCUT2D eigenvalue weighted by Crippen LogP contribution is -2.46. The van der Waals surface area contributed by atoms with Crippen LogP contribution in [0.5, 0.6) is 0 Å². The molecule has 0 aliphatic carbocycles. The number of likely N-dealkylation sites (N-methyl/N-ethyl adjacent to an activating group) is 1. The number of hydrogen-bond acceptors (Lipinski definition) is 4. The van der Waals surface area contributed by atoms with Gasteiger partial charge in [-0.3, -0.25) is 9.59 Å². The van der Waals surface area contributed by atoms with E-state index >= 15 is 0 Å². The zero-order chi connectivity index (χ0) is 12.0. The quantitative estimate of drug-likeness (QED) is 0.616. The zero-order valence-electron chi connectivity index (χ0n) is 9.16. The molecule has 1 rings (SSSR count). The van der Waals surface area contributed by atoms with Crippen molar-refractivity contribution < 1.29 is 14.7 Å². The first-order chi connectivity index (χ1) is 7.67. The van der Waals surface area contributed by atoms with Gasteiger partial charge in [0.05, 0.1) is 0 Å². The highest BCUT2D eigenvalue weighted by atomic mass is 32.2. The SMILES string of the molecule is CNC(=O)[C@H](CC1=CCCS1)NC(=O)CO. The molecule has 5 nitrogen and oxygen atoms in total. The summed E-state index contributed by atoms with van der Waals surface area (Å²) in [5.41, 5.74) is 0. The Morgan fingerprint density at radius 3 is 2.88 bits per heavy atom. The molecule has 1 aliphatic rings. The molecule has 16 heavy (non-hydrogen) atoms. The van der Waals surface area contributed by atoms with Crippen LogP contribution in [0.1, 0.15) is 12.8 Å². The van der Waals surface area contributed by atoms with E-state index in [2.05, 4.69) is 16.7 Å². The molecule has 0 fully saturated rings. The minimum absolute atomic E-state index is 0.241. The van der Waals surface area contributed by atoms with Crippen LogP contribution in [-0.4, -0.2) is 42.4 Å². The maximum absolute atomic E-state index is 11.5. The molecule has 0 aromatic heterocycles. The summed E-state index contributed by atoms with van der Waals surface area (Å²) in [6, 6.07) is -0.596. The highest BCUT2D eigenvalue weighted by molar-refractivity contribution is 8.03. The number of aliphatic hydroxyl groups excluding tert-OH is 1. The zero-order valence-corrected chi connectivity index (χ0v) is 9.97. The van der Waals surface area contributed by atoms with Gasteiger partial charge in [0.25, 0.3) is 0 Å². The van der Waals surface area contributed by atoms with E-state index in [4.69, 9.17) is 5.11 Å². The Morgan fingerprint density at radius 1 is 1.62 bits per heavy atom. The number of carbonyl (C=O) groups excluding carboxylic acids is 2. The van der Waals surface area contributed by atoms with Gasteiger partial charge in [-0.25, -0.2) is 0 Å². The molecular weight excluding hydrogens is 228 g/mol. The van der Waals surface area contributed by atoms with Gasteiger partial charge >= 0.3 is 0 Å². The summed E-state index contributed by atoms with van der Waals surface area (Å²) in [5.74, 6) is 0.261. The Labute approximate surface area is 98.7 Å². The number of rotatable bonds is 5. The van der Waals surface area contributed by atoms with Crippen molar-refractivity contribution in [3.8, 4) is 0 Å². The van der Waals surface area contributed by atoms with Crippen LogP contribution in [-0.2, 0) is 9.59 Å². The van der Waals surface area contributed by atoms with Gasteiger partial charge in [0.1, 0.15) is 12.6 Å². The standard InChI is InChI=1S/C10H16N2O3S/c1-11-10(15)8(12-9(14)6-13)5-7-3-2-4-16-7/h3,8,13H,2,4-6H2,1H3,(H,11,15)(H,12,14)/t8-/m0/s1. The normalized spacial score (nSPS) is 16.5. The third-order valence-corrected chi connectivity index (χ3v) is 3.37. The third-order valence-electron chi connectivity index (χ3n) is 2.22. The summed E-state index contributed by atoms with van der Waals surface area (Å²) in [7, 11) is 1.52. The minimum Gasteiger partial charge on any atom is -0.387 e. The fourth-order valence-corrected chi connectivity index (χ4v) is 2.45. The van der Waals surface area contributed by atoms with Gasteiger partial charge in [0, 0.05) is 19.2 Å². The van der Waals surface area contributed by atoms with Crippen LogP contribution in [0.15, 0.2) is 11.0 Å². The van der Waals surface area contributed by atoms with Crippen molar-refractivity contribution in [1.29, 1.82) is 0 Å². The van der Waals surface area contributed by atoms with Crippen molar-refractivity contribution in [2.24, 2.45) is 0 Å². The van der Waals surface area contributed by atoms with Gasteiger partial charge in [-0.05, 0) is 11.3 Å². The number of nitrogens with one attached hydrogen (secondary N) is 2. The van der Waals surface area contributed by atoms with Gasteiger partial charge in [0.15, 0.2) is 0 Å². The molecule has 6 heteroatoms. The van der Waals surface area contributed by atoms with Crippen LogP contribution < -0.4 is 10.6 Å². The predicted molar refractivity (Wildman–Crippen MR) is 62.9 cm³/mol. The van der Waals surface area contributed by atoms with Gasteiger partial charge in [-0.2, -0.15) is 0 Å². The van der Waals surface area contributed by atoms with Crippen molar-refractivity contribution in [2.45, 2.75) is 18.9 Å². The Kier molecular flexibility index (Phi) is 5.34. The minimum atomic E-state index is -0.598. The Balaban J connectivity index is 2.56. The number of hydrogen-bond donors (Lipinski definition) is 3. The maximum Gasteiger partial charge on any atom is 0.246 e. The van der Waals surface area contributed by atoms with Crippen LogP contribution in [0, 0.1) is 0 Å². The molecule has 0 aromatic rings. The Morgan fingerprint density at radius 2 is 2.38 bits per heavy atom. The van der Waals surface area contributed by atoms with Crippen molar-refractivity contribution in [3.63, 3.8) is 0 Å². The lowest BCUT2D eigenvalue weighted by molar-refractivity contribution is -0.130. The summed E-state index contributed by atoms with van der Waals surface area (Å²) in [6.45, 7) is -0.598. The first-order valence-electron chi connectivity index (χ1n) is 5.11. The first-order valence-corrected chi connectivity index (χ1v) is 6.09. The van der Waals surface area contributed by atoms with Crippen LogP contribution in [0.2, 0.25) is 0 Å². The highest BCUT2D eigenvalue weighted by Gasteiger charge is 2.21. The average Bonchev–Trinajstić information content (AvgIpc) is 2.79. The smallest absolute Gasteiger partial charge is 0.246 e. The second-order valence-electron chi connectivity index (χ2n) is 3.40. The number of amides is 2. The van der Waals surface area contributed by atoms with Crippen molar-refractivity contribution in [2.75, 3.05) is 19.4 Å². The molecule has 0 bridgehead atoms. The topological polar surface area (TPSA) is 78.4 Å². The molecule has 0 saturated heterocycles. The van der Waals surface area contributed by atoms with Crippen LogP contribution in [0.3, 0.4) is 0 Å². The first kappa shape index (κ1) is 13.1. The van der Waals surface area contributed by atoms with Gasteiger partial charge in [-0.1, -0.05) is 6.08 Å². The Hall–Kier alpha value is -1.01. The molecule has 90 valence electrons. The molecule has 1 heterocycles. The van der Waals surface area contributed by atoms with Crippen molar-refractivity contribution in [3.05, 3.63) is 11.0 Å². The monoisotopic (exact) mass is 244 g/mol. The molecule has 0 unspecified atom stereocenters.